The fourth-order valence-corrected chi connectivity index (χ4v) is 4.24. The molecule has 118 valence electrons. The van der Waals surface area contributed by atoms with Crippen molar-refractivity contribution in [1.29, 1.82) is 0 Å². The zero-order valence-electron chi connectivity index (χ0n) is 12.6. The third kappa shape index (κ3) is 3.30. The van der Waals surface area contributed by atoms with Crippen LogP contribution >= 0.6 is 0 Å². The molecule has 0 aliphatic heterocycles. The smallest absolute Gasteiger partial charge is 0.260 e. The number of hydrogen-bond donors (Lipinski definition) is 3. The van der Waals surface area contributed by atoms with Crippen LogP contribution in [0.4, 0.5) is 0 Å². The zero-order valence-corrected chi connectivity index (χ0v) is 13.5. The standard InChI is InChI=1S/C14H24N4O2S/c1-9(11-4-3-5-11)18-21(19,20)14-13(10(2)16-17-14)8-15-12-6-7-12/h9,11-12,15,18H,3-8H2,1-2H3,(H,16,17). The van der Waals surface area contributed by atoms with Crippen LogP contribution < -0.4 is 10.0 Å². The lowest BCUT2D eigenvalue weighted by atomic mass is 9.81. The summed E-state index contributed by atoms with van der Waals surface area (Å²) in [6, 6.07) is 0.515. The van der Waals surface area contributed by atoms with Gasteiger partial charge in [-0.25, -0.2) is 13.1 Å². The fraction of sp³-hybridized carbons (Fsp3) is 0.786. The molecule has 0 radical (unpaired) electrons. The van der Waals surface area contributed by atoms with Gasteiger partial charge in [-0.2, -0.15) is 5.10 Å². The Kier molecular flexibility index (Phi) is 4.07. The number of aromatic nitrogens is 2. The monoisotopic (exact) mass is 312 g/mol. The average molecular weight is 312 g/mol. The first-order chi connectivity index (χ1) is 9.97. The molecule has 2 fully saturated rings. The molecular formula is C14H24N4O2S. The van der Waals surface area contributed by atoms with Gasteiger partial charge in [-0.15, -0.1) is 0 Å². The maximum atomic E-state index is 12.6. The molecular weight excluding hydrogens is 288 g/mol. The third-order valence-electron chi connectivity index (χ3n) is 4.63. The van der Waals surface area contributed by atoms with Crippen molar-refractivity contribution in [2.75, 3.05) is 0 Å². The molecule has 0 aromatic carbocycles. The minimum Gasteiger partial charge on any atom is -0.310 e. The van der Waals surface area contributed by atoms with Crippen molar-refractivity contribution in [2.24, 2.45) is 5.92 Å². The van der Waals surface area contributed by atoms with E-state index in [1.807, 2.05) is 13.8 Å². The first-order valence-corrected chi connectivity index (χ1v) is 9.25. The van der Waals surface area contributed by atoms with Crippen molar-refractivity contribution in [3.8, 4) is 0 Å². The number of rotatable bonds is 7. The Hall–Kier alpha value is -0.920. The summed E-state index contributed by atoms with van der Waals surface area (Å²) in [5.41, 5.74) is 1.58. The topological polar surface area (TPSA) is 86.9 Å². The summed E-state index contributed by atoms with van der Waals surface area (Å²) in [5.74, 6) is 0.466. The Morgan fingerprint density at radius 2 is 2.05 bits per heavy atom. The van der Waals surface area contributed by atoms with Crippen LogP contribution in [0.2, 0.25) is 0 Å². The predicted octanol–water partition coefficient (Wildman–Crippen LogP) is 1.44. The van der Waals surface area contributed by atoms with Crippen LogP contribution in [-0.4, -0.2) is 30.7 Å². The molecule has 1 heterocycles. The molecule has 2 saturated carbocycles. The predicted molar refractivity (Wildman–Crippen MR) is 80.3 cm³/mol. The average Bonchev–Trinajstić information content (AvgIpc) is 3.07. The summed E-state index contributed by atoms with van der Waals surface area (Å²) in [5, 5.41) is 10.3. The largest absolute Gasteiger partial charge is 0.310 e. The van der Waals surface area contributed by atoms with E-state index in [2.05, 4.69) is 20.2 Å². The number of aryl methyl sites for hydroxylation is 1. The second-order valence-corrected chi connectivity index (χ2v) is 8.02. The van der Waals surface area contributed by atoms with Crippen LogP contribution in [0.3, 0.4) is 0 Å². The van der Waals surface area contributed by atoms with E-state index in [9.17, 15) is 8.42 Å². The van der Waals surface area contributed by atoms with Crippen LogP contribution in [0.5, 0.6) is 0 Å². The van der Waals surface area contributed by atoms with Gasteiger partial charge in [0.05, 0.1) is 0 Å². The highest BCUT2D eigenvalue weighted by molar-refractivity contribution is 7.89. The Labute approximate surface area is 126 Å². The van der Waals surface area contributed by atoms with Gasteiger partial charge < -0.3 is 5.32 Å². The molecule has 0 bridgehead atoms. The van der Waals surface area contributed by atoms with Gasteiger partial charge in [0.1, 0.15) is 0 Å². The lowest BCUT2D eigenvalue weighted by Crippen LogP contribution is -2.41. The van der Waals surface area contributed by atoms with E-state index in [1.54, 1.807) is 0 Å². The summed E-state index contributed by atoms with van der Waals surface area (Å²) in [7, 11) is -3.55. The van der Waals surface area contributed by atoms with Crippen molar-refractivity contribution in [3.05, 3.63) is 11.3 Å². The first kappa shape index (κ1) is 15.0. The van der Waals surface area contributed by atoms with E-state index in [4.69, 9.17) is 0 Å². The molecule has 2 aliphatic rings. The van der Waals surface area contributed by atoms with E-state index in [1.165, 1.54) is 19.3 Å². The summed E-state index contributed by atoms with van der Waals surface area (Å²) in [6.45, 7) is 4.37. The fourth-order valence-electron chi connectivity index (χ4n) is 2.73. The van der Waals surface area contributed by atoms with E-state index < -0.39 is 10.0 Å². The highest BCUT2D eigenvalue weighted by Crippen LogP contribution is 2.30. The molecule has 2 aliphatic carbocycles. The van der Waals surface area contributed by atoms with Gasteiger partial charge in [0.2, 0.25) is 0 Å². The normalized spacial score (nSPS) is 21.2. The van der Waals surface area contributed by atoms with Gasteiger partial charge in [-0.3, -0.25) is 5.10 Å². The number of nitrogens with zero attached hydrogens (tertiary/aromatic N) is 1. The lowest BCUT2D eigenvalue weighted by Gasteiger charge is -2.31. The highest BCUT2D eigenvalue weighted by Gasteiger charge is 2.31. The SMILES string of the molecule is Cc1[nH]nc(S(=O)(=O)NC(C)C2CCC2)c1CNC1CC1. The minimum atomic E-state index is -3.55. The molecule has 6 nitrogen and oxygen atoms in total. The van der Waals surface area contributed by atoms with E-state index in [0.29, 0.717) is 18.5 Å². The molecule has 1 aromatic rings. The Balaban J connectivity index is 1.73. The first-order valence-electron chi connectivity index (χ1n) is 7.77. The Bertz CT molecular complexity index is 602. The summed E-state index contributed by atoms with van der Waals surface area (Å²) in [6.07, 6.45) is 5.78. The van der Waals surface area contributed by atoms with Crippen LogP contribution in [0, 0.1) is 12.8 Å². The van der Waals surface area contributed by atoms with E-state index in [0.717, 1.165) is 24.1 Å². The molecule has 3 N–H and O–H groups in total. The van der Waals surface area contributed by atoms with Gasteiger partial charge in [-0.05, 0) is 45.4 Å². The van der Waals surface area contributed by atoms with Gasteiger partial charge in [-0.1, -0.05) is 6.42 Å². The summed E-state index contributed by atoms with van der Waals surface area (Å²) in [4.78, 5) is 0. The summed E-state index contributed by atoms with van der Waals surface area (Å²) < 4.78 is 27.9. The quantitative estimate of drug-likeness (QED) is 0.711. The summed E-state index contributed by atoms with van der Waals surface area (Å²) >= 11 is 0. The maximum absolute atomic E-state index is 12.6. The number of aromatic amines is 1. The maximum Gasteiger partial charge on any atom is 0.260 e. The Morgan fingerprint density at radius 3 is 2.62 bits per heavy atom. The molecule has 0 saturated heterocycles. The van der Waals surface area contributed by atoms with Crippen molar-refractivity contribution in [1.82, 2.24) is 20.2 Å². The van der Waals surface area contributed by atoms with Crippen LogP contribution in [-0.2, 0) is 16.6 Å². The van der Waals surface area contributed by atoms with E-state index >= 15 is 0 Å². The van der Waals surface area contributed by atoms with Crippen LogP contribution in [0.15, 0.2) is 5.03 Å². The highest BCUT2D eigenvalue weighted by atomic mass is 32.2. The van der Waals surface area contributed by atoms with E-state index in [-0.39, 0.29) is 11.1 Å². The van der Waals surface area contributed by atoms with Gasteiger partial charge >= 0.3 is 0 Å². The van der Waals surface area contributed by atoms with Crippen LogP contribution in [0.25, 0.3) is 0 Å². The molecule has 1 aromatic heterocycles. The van der Waals surface area contributed by atoms with Gasteiger partial charge in [0.15, 0.2) is 5.03 Å². The molecule has 0 spiro atoms. The molecule has 21 heavy (non-hydrogen) atoms. The minimum absolute atomic E-state index is 0.0232. The van der Waals surface area contributed by atoms with Crippen molar-refractivity contribution < 1.29 is 8.42 Å². The number of nitrogens with one attached hydrogen (secondary N) is 3. The van der Waals surface area contributed by atoms with Gasteiger partial charge in [0, 0.05) is 29.9 Å². The zero-order chi connectivity index (χ0) is 15.0. The molecule has 7 heteroatoms. The third-order valence-corrected chi connectivity index (χ3v) is 6.16. The molecule has 3 rings (SSSR count). The Morgan fingerprint density at radius 1 is 1.33 bits per heavy atom. The van der Waals surface area contributed by atoms with Crippen molar-refractivity contribution >= 4 is 10.0 Å². The van der Waals surface area contributed by atoms with Gasteiger partial charge in [0.25, 0.3) is 10.0 Å². The molecule has 1 unspecified atom stereocenters. The number of sulfonamides is 1. The van der Waals surface area contributed by atoms with Crippen LogP contribution in [0.1, 0.15) is 50.3 Å². The lowest BCUT2D eigenvalue weighted by molar-refractivity contribution is 0.260. The number of H-pyrrole nitrogens is 1. The second kappa shape index (κ2) is 5.70. The molecule has 0 amide bonds. The number of hydrogen-bond acceptors (Lipinski definition) is 4. The van der Waals surface area contributed by atoms with Crippen molar-refractivity contribution in [3.63, 3.8) is 0 Å². The second-order valence-electron chi connectivity index (χ2n) is 6.39. The molecule has 1 atom stereocenters. The van der Waals surface area contributed by atoms with Crippen molar-refractivity contribution in [2.45, 2.75) is 69.6 Å².